The van der Waals surface area contributed by atoms with Crippen molar-refractivity contribution in [3.8, 4) is 10.4 Å². The van der Waals surface area contributed by atoms with Crippen LogP contribution in [-0.2, 0) is 11.3 Å². The number of amides is 1. The third-order valence-corrected chi connectivity index (χ3v) is 6.52. The Kier molecular flexibility index (Phi) is 6.73. The van der Waals surface area contributed by atoms with Crippen LogP contribution in [-0.4, -0.2) is 52.2 Å². The number of aliphatic hydroxyl groups excluding tert-OH is 1. The zero-order valence-electron chi connectivity index (χ0n) is 17.7. The number of hydrogen-bond acceptors (Lipinski definition) is 6. The summed E-state index contributed by atoms with van der Waals surface area (Å²) in [5.41, 5.74) is 11.1. The van der Waals surface area contributed by atoms with E-state index in [1.165, 1.54) is 16.0 Å². The van der Waals surface area contributed by atoms with Crippen molar-refractivity contribution in [2.75, 3.05) is 13.1 Å². The first-order valence-electron chi connectivity index (χ1n) is 10.1. The molecule has 1 amide bonds. The molecule has 0 saturated carbocycles. The monoisotopic (exact) mass is 416 g/mol. The number of aromatic nitrogens is 1. The van der Waals surface area contributed by atoms with Gasteiger partial charge < -0.3 is 21.1 Å². The normalized spacial score (nSPS) is 20.8. The van der Waals surface area contributed by atoms with Crippen LogP contribution in [0.5, 0.6) is 0 Å². The summed E-state index contributed by atoms with van der Waals surface area (Å²) >= 11 is 1.65. The highest BCUT2D eigenvalue weighted by atomic mass is 32.1. The third kappa shape index (κ3) is 5.22. The summed E-state index contributed by atoms with van der Waals surface area (Å²) < 4.78 is 0. The second-order valence-corrected chi connectivity index (χ2v) is 9.83. The highest BCUT2D eigenvalue weighted by molar-refractivity contribution is 7.13. The number of carbonyl (C=O) groups excluding carboxylic acids is 1. The quantitative estimate of drug-likeness (QED) is 0.673. The lowest BCUT2D eigenvalue weighted by atomic mass is 9.86. The Bertz CT molecular complexity index is 828. The average Bonchev–Trinajstić information content (AvgIpc) is 3.26. The average molecular weight is 417 g/mol. The Labute approximate surface area is 177 Å². The maximum Gasteiger partial charge on any atom is 0.240 e. The Balaban J connectivity index is 1.56. The molecule has 7 heteroatoms. The summed E-state index contributed by atoms with van der Waals surface area (Å²) in [5, 5.41) is 13.5. The number of nitrogens with two attached hydrogens (primary N) is 1. The van der Waals surface area contributed by atoms with Crippen molar-refractivity contribution in [3.63, 3.8) is 0 Å². The van der Waals surface area contributed by atoms with Gasteiger partial charge in [-0.15, -0.1) is 11.3 Å². The fourth-order valence-electron chi connectivity index (χ4n) is 3.64. The van der Waals surface area contributed by atoms with Crippen molar-refractivity contribution in [1.82, 2.24) is 15.2 Å². The van der Waals surface area contributed by atoms with Gasteiger partial charge in [-0.05, 0) is 29.9 Å². The molecule has 0 unspecified atom stereocenters. The number of nitrogens with one attached hydrogen (secondary N) is 1. The van der Waals surface area contributed by atoms with Crippen molar-refractivity contribution in [2.45, 2.75) is 58.8 Å². The van der Waals surface area contributed by atoms with E-state index in [2.05, 4.69) is 34.6 Å². The van der Waals surface area contributed by atoms with Crippen molar-refractivity contribution < 1.29 is 9.90 Å². The van der Waals surface area contributed by atoms with Gasteiger partial charge in [-0.25, -0.2) is 4.98 Å². The van der Waals surface area contributed by atoms with Crippen LogP contribution in [0.25, 0.3) is 10.4 Å². The molecule has 0 bridgehead atoms. The van der Waals surface area contributed by atoms with Gasteiger partial charge in [-0.2, -0.15) is 0 Å². The number of aliphatic hydroxyl groups is 1. The van der Waals surface area contributed by atoms with Gasteiger partial charge in [-0.1, -0.05) is 45.0 Å². The molecule has 2 aromatic rings. The van der Waals surface area contributed by atoms with Gasteiger partial charge in [0.2, 0.25) is 5.91 Å². The van der Waals surface area contributed by atoms with Crippen molar-refractivity contribution in [1.29, 1.82) is 0 Å². The number of carbonyl (C=O) groups is 1. The predicted molar refractivity (Wildman–Crippen MR) is 118 cm³/mol. The van der Waals surface area contributed by atoms with Crippen LogP contribution < -0.4 is 11.1 Å². The van der Waals surface area contributed by atoms with Crippen molar-refractivity contribution in [2.24, 2.45) is 11.1 Å². The third-order valence-electron chi connectivity index (χ3n) is 5.55. The first-order chi connectivity index (χ1) is 13.7. The lowest BCUT2D eigenvalue weighted by Gasteiger charge is -2.33. The molecule has 4 N–H and O–H groups in total. The number of thiazole rings is 1. The van der Waals surface area contributed by atoms with E-state index in [1.54, 1.807) is 16.2 Å². The van der Waals surface area contributed by atoms with Gasteiger partial charge in [0.25, 0.3) is 0 Å². The van der Waals surface area contributed by atoms with E-state index in [0.717, 1.165) is 5.69 Å². The minimum atomic E-state index is -0.571. The first-order valence-corrected chi connectivity index (χ1v) is 11.0. The number of likely N-dealkylation sites (tertiary alicyclic amines) is 1. The molecule has 2 heterocycles. The minimum absolute atomic E-state index is 0.0370. The fraction of sp³-hybridized carbons (Fsp3) is 0.545. The summed E-state index contributed by atoms with van der Waals surface area (Å²) in [4.78, 5) is 20.1. The lowest BCUT2D eigenvalue weighted by molar-refractivity contribution is -0.136. The van der Waals surface area contributed by atoms with Crippen LogP contribution in [0.2, 0.25) is 0 Å². The van der Waals surface area contributed by atoms with E-state index < -0.39 is 12.1 Å². The van der Waals surface area contributed by atoms with Crippen molar-refractivity contribution in [3.05, 3.63) is 41.0 Å². The topological polar surface area (TPSA) is 91.5 Å². The molecule has 1 aliphatic rings. The van der Waals surface area contributed by atoms with E-state index in [0.29, 0.717) is 26.1 Å². The summed E-state index contributed by atoms with van der Waals surface area (Å²) in [6.07, 6.45) is 0.0963. The maximum atomic E-state index is 12.8. The maximum absolute atomic E-state index is 12.8. The molecule has 1 aromatic heterocycles. The van der Waals surface area contributed by atoms with E-state index in [-0.39, 0.29) is 17.4 Å². The van der Waals surface area contributed by atoms with Gasteiger partial charge in [0.05, 0.1) is 28.2 Å². The smallest absolute Gasteiger partial charge is 0.240 e. The summed E-state index contributed by atoms with van der Waals surface area (Å²) in [7, 11) is 0. The van der Waals surface area contributed by atoms with Gasteiger partial charge in [0.1, 0.15) is 0 Å². The molecule has 1 aliphatic heterocycles. The molecule has 29 heavy (non-hydrogen) atoms. The predicted octanol–water partition coefficient (Wildman–Crippen LogP) is 2.54. The van der Waals surface area contributed by atoms with E-state index in [4.69, 9.17) is 5.73 Å². The SMILES string of the molecule is Cc1ncsc1-c1ccc(CNC[C@@H]2C[C@@H](O)CN2C(=O)[C@@H](N)C(C)(C)C)cc1. The van der Waals surface area contributed by atoms with Gasteiger partial charge in [0.15, 0.2) is 0 Å². The van der Waals surface area contributed by atoms with Gasteiger partial charge in [-0.3, -0.25) is 4.79 Å². The Morgan fingerprint density at radius 1 is 1.38 bits per heavy atom. The summed E-state index contributed by atoms with van der Waals surface area (Å²) in [6.45, 7) is 9.62. The minimum Gasteiger partial charge on any atom is -0.391 e. The van der Waals surface area contributed by atoms with E-state index >= 15 is 0 Å². The second-order valence-electron chi connectivity index (χ2n) is 8.97. The molecule has 1 saturated heterocycles. The highest BCUT2D eigenvalue weighted by Crippen LogP contribution is 2.27. The van der Waals surface area contributed by atoms with Crippen LogP contribution in [0.4, 0.5) is 0 Å². The molecule has 158 valence electrons. The zero-order valence-corrected chi connectivity index (χ0v) is 18.5. The molecule has 1 fully saturated rings. The first kappa shape index (κ1) is 21.9. The molecule has 0 spiro atoms. The van der Waals surface area contributed by atoms with Crippen molar-refractivity contribution >= 4 is 17.2 Å². The Morgan fingerprint density at radius 3 is 2.66 bits per heavy atom. The Morgan fingerprint density at radius 2 is 2.07 bits per heavy atom. The molecular weight excluding hydrogens is 384 g/mol. The Hall–Kier alpha value is -1.80. The number of rotatable bonds is 6. The van der Waals surface area contributed by atoms with E-state index in [9.17, 15) is 9.90 Å². The molecule has 6 nitrogen and oxygen atoms in total. The summed E-state index contributed by atoms with van der Waals surface area (Å²) in [6, 6.07) is 7.86. The van der Waals surface area contributed by atoms with Gasteiger partial charge in [0, 0.05) is 25.7 Å². The standard InChI is InChI=1S/C22H32N4O2S/c1-14-19(29-13-25-14)16-7-5-15(6-8-16)10-24-11-17-9-18(27)12-26(17)21(28)20(23)22(2,3)4/h5-8,13,17-18,20,24,27H,9-12,23H2,1-4H3/t17-,18+,20+/m0/s1. The largest absolute Gasteiger partial charge is 0.391 e. The summed E-state index contributed by atoms with van der Waals surface area (Å²) in [5.74, 6) is -0.0786. The van der Waals surface area contributed by atoms with Gasteiger partial charge >= 0.3 is 0 Å². The lowest BCUT2D eigenvalue weighted by Crippen LogP contribution is -2.53. The zero-order chi connectivity index (χ0) is 21.2. The number of hydrogen-bond donors (Lipinski definition) is 3. The van der Waals surface area contributed by atoms with Crippen LogP contribution in [0.1, 0.15) is 38.4 Å². The second kappa shape index (κ2) is 8.92. The van der Waals surface area contributed by atoms with Crippen LogP contribution >= 0.6 is 11.3 Å². The number of β-amino-alcohol motifs (C(OH)–C–C–N with tert-alkyl or cyclic N) is 1. The molecule has 1 aromatic carbocycles. The molecule has 0 aliphatic carbocycles. The molecule has 3 rings (SSSR count). The van der Waals surface area contributed by atoms with Crippen LogP contribution in [0.15, 0.2) is 29.8 Å². The molecular formula is C22H32N4O2S. The number of benzene rings is 1. The van der Waals surface area contributed by atoms with Crippen LogP contribution in [0.3, 0.4) is 0 Å². The van der Waals surface area contributed by atoms with Crippen LogP contribution in [0, 0.1) is 12.3 Å². The molecule has 3 atom stereocenters. The number of nitrogens with zero attached hydrogens (tertiary/aromatic N) is 2. The van der Waals surface area contributed by atoms with E-state index in [1.807, 2.05) is 33.2 Å². The highest BCUT2D eigenvalue weighted by Gasteiger charge is 2.39. The number of aryl methyl sites for hydroxylation is 1. The molecule has 0 radical (unpaired) electrons. The fourth-order valence-corrected chi connectivity index (χ4v) is 4.45.